The Morgan fingerprint density at radius 1 is 1.21 bits per heavy atom. The average Bonchev–Trinajstić information content (AvgIpc) is 2.51. The van der Waals surface area contributed by atoms with Gasteiger partial charge in [0.2, 0.25) is 0 Å². The van der Waals surface area contributed by atoms with E-state index in [1.54, 1.807) is 20.8 Å². The van der Waals surface area contributed by atoms with Gasteiger partial charge in [-0.25, -0.2) is 9.59 Å². The molecule has 1 amide bonds. The lowest BCUT2D eigenvalue weighted by Crippen LogP contribution is -2.55. The van der Waals surface area contributed by atoms with Crippen molar-refractivity contribution in [3.63, 3.8) is 0 Å². The molecule has 0 radical (unpaired) electrons. The highest BCUT2D eigenvalue weighted by Crippen LogP contribution is 2.30. The Labute approximate surface area is 113 Å². The van der Waals surface area contributed by atoms with Crippen LogP contribution in [0.1, 0.15) is 33.6 Å². The fourth-order valence-corrected chi connectivity index (χ4v) is 2.20. The molecule has 0 spiro atoms. The SMILES string of the molecule is COC(=O)C1(NC(=O)OC(C)(C)C)C[C@@H](N)[C@H](N)C1. The van der Waals surface area contributed by atoms with Crippen LogP contribution in [0.15, 0.2) is 0 Å². The Bertz CT molecular complexity index is 354. The summed E-state index contributed by atoms with van der Waals surface area (Å²) in [6.07, 6.45) is -0.209. The minimum atomic E-state index is -1.20. The van der Waals surface area contributed by atoms with Gasteiger partial charge in [-0.15, -0.1) is 0 Å². The topological polar surface area (TPSA) is 117 Å². The summed E-state index contributed by atoms with van der Waals surface area (Å²) in [6.45, 7) is 5.22. The number of ether oxygens (including phenoxy) is 2. The lowest BCUT2D eigenvalue weighted by atomic mass is 9.97. The molecule has 0 heterocycles. The Balaban J connectivity index is 2.83. The maximum atomic E-state index is 11.9. The monoisotopic (exact) mass is 273 g/mol. The second-order valence-electron chi connectivity index (χ2n) is 5.94. The van der Waals surface area contributed by atoms with Crippen LogP contribution in [0, 0.1) is 0 Å². The third kappa shape index (κ3) is 3.81. The lowest BCUT2D eigenvalue weighted by molar-refractivity contribution is -0.148. The van der Waals surface area contributed by atoms with Crippen LogP contribution in [0.25, 0.3) is 0 Å². The first kappa shape index (κ1) is 15.7. The quantitative estimate of drug-likeness (QED) is 0.603. The molecule has 0 unspecified atom stereocenters. The van der Waals surface area contributed by atoms with Gasteiger partial charge in [-0.3, -0.25) is 0 Å². The van der Waals surface area contributed by atoms with Crippen LogP contribution in [-0.2, 0) is 14.3 Å². The third-order valence-electron chi connectivity index (χ3n) is 3.03. The van der Waals surface area contributed by atoms with Gasteiger partial charge >= 0.3 is 12.1 Å². The van der Waals surface area contributed by atoms with E-state index in [1.807, 2.05) is 0 Å². The van der Waals surface area contributed by atoms with Gasteiger partial charge in [-0.05, 0) is 33.6 Å². The number of methoxy groups -OCH3 is 1. The predicted molar refractivity (Wildman–Crippen MR) is 69.3 cm³/mol. The zero-order valence-corrected chi connectivity index (χ0v) is 11.9. The normalized spacial score (nSPS) is 25.8. The van der Waals surface area contributed by atoms with Crippen molar-refractivity contribution in [3.8, 4) is 0 Å². The van der Waals surface area contributed by atoms with Gasteiger partial charge in [0.15, 0.2) is 0 Å². The predicted octanol–water partition coefficient (Wildman–Crippen LogP) is -0.129. The molecule has 1 saturated carbocycles. The minimum absolute atomic E-state index is 0.236. The Kier molecular flexibility index (Phi) is 4.42. The van der Waals surface area contributed by atoms with Gasteiger partial charge in [0.05, 0.1) is 7.11 Å². The first-order chi connectivity index (χ1) is 8.59. The zero-order valence-electron chi connectivity index (χ0n) is 11.9. The number of alkyl carbamates (subject to hydrolysis) is 1. The molecule has 0 saturated heterocycles. The highest BCUT2D eigenvalue weighted by molar-refractivity contribution is 5.86. The highest BCUT2D eigenvalue weighted by Gasteiger charge is 2.50. The van der Waals surface area contributed by atoms with Crippen molar-refractivity contribution in [3.05, 3.63) is 0 Å². The van der Waals surface area contributed by atoms with E-state index in [0.717, 1.165) is 0 Å². The molecular weight excluding hydrogens is 250 g/mol. The molecule has 7 heteroatoms. The standard InChI is InChI=1S/C12H23N3O4/c1-11(2,3)19-10(17)15-12(9(16)18-4)5-7(13)8(14)6-12/h7-8H,5-6,13-14H2,1-4H3,(H,15,17)/t7-,8-/m1/s1. The molecule has 0 aliphatic heterocycles. The number of esters is 1. The van der Waals surface area contributed by atoms with Gasteiger partial charge < -0.3 is 26.3 Å². The summed E-state index contributed by atoms with van der Waals surface area (Å²) >= 11 is 0. The lowest BCUT2D eigenvalue weighted by Gasteiger charge is -2.29. The van der Waals surface area contributed by atoms with E-state index in [2.05, 4.69) is 5.32 Å². The number of hydrogen-bond donors (Lipinski definition) is 3. The number of carbonyl (C=O) groups excluding carboxylic acids is 2. The van der Waals surface area contributed by atoms with Gasteiger partial charge in [-0.1, -0.05) is 0 Å². The number of nitrogens with two attached hydrogens (primary N) is 2. The fraction of sp³-hybridized carbons (Fsp3) is 0.833. The van der Waals surface area contributed by atoms with Crippen molar-refractivity contribution < 1.29 is 19.1 Å². The number of amides is 1. The maximum Gasteiger partial charge on any atom is 0.408 e. The number of hydrogen-bond acceptors (Lipinski definition) is 6. The molecule has 0 bridgehead atoms. The number of carbonyl (C=O) groups is 2. The largest absolute Gasteiger partial charge is 0.467 e. The van der Waals surface area contributed by atoms with Crippen molar-refractivity contribution >= 4 is 12.1 Å². The van der Waals surface area contributed by atoms with E-state index in [0.29, 0.717) is 0 Å². The molecule has 1 aliphatic carbocycles. The molecule has 0 aromatic heterocycles. The van der Waals surface area contributed by atoms with Gasteiger partial charge in [-0.2, -0.15) is 0 Å². The van der Waals surface area contributed by atoms with Gasteiger partial charge in [0.1, 0.15) is 11.1 Å². The Morgan fingerprint density at radius 2 is 1.68 bits per heavy atom. The van der Waals surface area contributed by atoms with Crippen LogP contribution < -0.4 is 16.8 Å². The summed E-state index contributed by atoms with van der Waals surface area (Å²) in [4.78, 5) is 23.8. The maximum absolute atomic E-state index is 11.9. The molecule has 0 aromatic rings. The molecule has 5 N–H and O–H groups in total. The second kappa shape index (κ2) is 5.34. The van der Waals surface area contributed by atoms with E-state index >= 15 is 0 Å². The summed E-state index contributed by atoms with van der Waals surface area (Å²) < 4.78 is 9.90. The summed E-state index contributed by atoms with van der Waals surface area (Å²) in [5.74, 6) is -0.554. The molecule has 0 aromatic carbocycles. The van der Waals surface area contributed by atoms with Crippen molar-refractivity contribution in [2.75, 3.05) is 7.11 Å². The average molecular weight is 273 g/mol. The van der Waals surface area contributed by atoms with Crippen LogP contribution in [0.2, 0.25) is 0 Å². The molecule has 7 nitrogen and oxygen atoms in total. The first-order valence-electron chi connectivity index (χ1n) is 6.20. The summed E-state index contributed by atoms with van der Waals surface area (Å²) in [5.41, 5.74) is 9.80. The smallest absolute Gasteiger partial charge is 0.408 e. The molecule has 1 rings (SSSR count). The van der Waals surface area contributed by atoms with Crippen LogP contribution in [0.4, 0.5) is 4.79 Å². The number of nitrogens with one attached hydrogen (secondary N) is 1. The van der Waals surface area contributed by atoms with Crippen molar-refractivity contribution in [1.82, 2.24) is 5.32 Å². The summed E-state index contributed by atoms with van der Waals surface area (Å²) in [5, 5.41) is 2.56. The van der Waals surface area contributed by atoms with E-state index in [-0.39, 0.29) is 24.9 Å². The van der Waals surface area contributed by atoms with E-state index in [1.165, 1.54) is 7.11 Å². The van der Waals surface area contributed by atoms with E-state index < -0.39 is 23.2 Å². The molecule has 2 atom stereocenters. The molecule has 1 aliphatic rings. The number of rotatable bonds is 2. The van der Waals surface area contributed by atoms with Crippen LogP contribution in [0.3, 0.4) is 0 Å². The minimum Gasteiger partial charge on any atom is -0.467 e. The van der Waals surface area contributed by atoms with Gasteiger partial charge in [0.25, 0.3) is 0 Å². The molecule has 110 valence electrons. The third-order valence-corrected chi connectivity index (χ3v) is 3.03. The molecular formula is C12H23N3O4. The summed E-state index contributed by atoms with van der Waals surface area (Å²) in [7, 11) is 1.26. The highest BCUT2D eigenvalue weighted by atomic mass is 16.6. The fourth-order valence-electron chi connectivity index (χ4n) is 2.20. The molecule has 19 heavy (non-hydrogen) atoms. The van der Waals surface area contributed by atoms with E-state index in [4.69, 9.17) is 20.9 Å². The van der Waals surface area contributed by atoms with Crippen LogP contribution in [0.5, 0.6) is 0 Å². The van der Waals surface area contributed by atoms with Crippen molar-refractivity contribution in [1.29, 1.82) is 0 Å². The van der Waals surface area contributed by atoms with Crippen molar-refractivity contribution in [2.24, 2.45) is 11.5 Å². The first-order valence-corrected chi connectivity index (χ1v) is 6.20. The zero-order chi connectivity index (χ0) is 14.8. The van der Waals surface area contributed by atoms with Gasteiger partial charge in [0, 0.05) is 12.1 Å². The molecule has 1 fully saturated rings. The van der Waals surface area contributed by atoms with Crippen LogP contribution in [-0.4, -0.2) is 42.4 Å². The second-order valence-corrected chi connectivity index (χ2v) is 5.94. The Hall–Kier alpha value is -1.34. The Morgan fingerprint density at radius 3 is 2.05 bits per heavy atom. The summed E-state index contributed by atoms with van der Waals surface area (Å²) in [6, 6.07) is -0.733. The van der Waals surface area contributed by atoms with E-state index in [9.17, 15) is 9.59 Å². The van der Waals surface area contributed by atoms with Crippen LogP contribution >= 0.6 is 0 Å². The van der Waals surface area contributed by atoms with Crippen molar-refractivity contribution in [2.45, 2.75) is 56.8 Å².